The zero-order valence-corrected chi connectivity index (χ0v) is 12.6. The van der Waals surface area contributed by atoms with Gasteiger partial charge in [-0.25, -0.2) is 4.39 Å². The van der Waals surface area contributed by atoms with Crippen molar-refractivity contribution in [1.29, 1.82) is 0 Å². The Morgan fingerprint density at radius 2 is 1.86 bits per heavy atom. The van der Waals surface area contributed by atoms with E-state index in [0.29, 0.717) is 4.47 Å². The third kappa shape index (κ3) is 3.56. The SMILES string of the molecule is CCOc1cc(-c2c(F)cccc2Br)cc(C(F)(F)F)c1. The summed E-state index contributed by atoms with van der Waals surface area (Å²) in [5.41, 5.74) is -0.693. The Labute approximate surface area is 127 Å². The molecule has 0 atom stereocenters. The van der Waals surface area contributed by atoms with Gasteiger partial charge in [-0.15, -0.1) is 0 Å². The maximum absolute atomic E-state index is 13.9. The standard InChI is InChI=1S/C15H11BrF4O/c1-2-21-11-7-9(6-10(8-11)15(18,19)20)14-12(16)4-3-5-13(14)17/h3-8H,2H2,1H3. The van der Waals surface area contributed by atoms with E-state index >= 15 is 0 Å². The van der Waals surface area contributed by atoms with Crippen LogP contribution in [-0.2, 0) is 6.18 Å². The lowest BCUT2D eigenvalue weighted by atomic mass is 10.0. The van der Waals surface area contributed by atoms with E-state index in [1.165, 1.54) is 18.2 Å². The summed E-state index contributed by atoms with van der Waals surface area (Å²) in [4.78, 5) is 0. The minimum atomic E-state index is -4.53. The highest BCUT2D eigenvalue weighted by Crippen LogP contribution is 2.38. The molecule has 0 radical (unpaired) electrons. The molecule has 0 fully saturated rings. The van der Waals surface area contributed by atoms with Crippen molar-refractivity contribution >= 4 is 15.9 Å². The number of benzene rings is 2. The van der Waals surface area contributed by atoms with E-state index in [1.54, 1.807) is 13.0 Å². The van der Waals surface area contributed by atoms with Crippen LogP contribution < -0.4 is 4.74 Å². The summed E-state index contributed by atoms with van der Waals surface area (Å²) in [6, 6.07) is 7.44. The third-order valence-corrected chi connectivity index (χ3v) is 3.46. The number of rotatable bonds is 3. The molecule has 1 nitrogen and oxygen atoms in total. The predicted molar refractivity (Wildman–Crippen MR) is 75.7 cm³/mol. The van der Waals surface area contributed by atoms with Crippen LogP contribution in [0.3, 0.4) is 0 Å². The molecule has 0 bridgehead atoms. The van der Waals surface area contributed by atoms with Gasteiger partial charge in [0, 0.05) is 10.0 Å². The molecule has 0 heterocycles. The average Bonchev–Trinajstić information content (AvgIpc) is 2.37. The Morgan fingerprint density at radius 3 is 2.43 bits per heavy atom. The summed E-state index contributed by atoms with van der Waals surface area (Å²) in [7, 11) is 0. The second-order valence-electron chi connectivity index (χ2n) is 4.27. The Morgan fingerprint density at radius 1 is 1.14 bits per heavy atom. The number of hydrogen-bond acceptors (Lipinski definition) is 1. The van der Waals surface area contributed by atoms with Crippen molar-refractivity contribution in [3.63, 3.8) is 0 Å². The van der Waals surface area contributed by atoms with E-state index in [0.717, 1.165) is 12.1 Å². The van der Waals surface area contributed by atoms with Crippen LogP contribution >= 0.6 is 15.9 Å². The van der Waals surface area contributed by atoms with Crippen LogP contribution in [-0.4, -0.2) is 6.61 Å². The maximum Gasteiger partial charge on any atom is 0.416 e. The highest BCUT2D eigenvalue weighted by Gasteiger charge is 2.32. The van der Waals surface area contributed by atoms with Gasteiger partial charge in [0.15, 0.2) is 0 Å². The van der Waals surface area contributed by atoms with Gasteiger partial charge in [0.1, 0.15) is 11.6 Å². The van der Waals surface area contributed by atoms with E-state index in [9.17, 15) is 17.6 Å². The van der Waals surface area contributed by atoms with Crippen LogP contribution in [0.25, 0.3) is 11.1 Å². The largest absolute Gasteiger partial charge is 0.494 e. The molecule has 0 unspecified atom stereocenters. The molecule has 2 aromatic carbocycles. The Balaban J connectivity index is 2.65. The normalized spacial score (nSPS) is 11.5. The van der Waals surface area contributed by atoms with Crippen LogP contribution in [0.2, 0.25) is 0 Å². The van der Waals surface area contributed by atoms with E-state index in [1.807, 2.05) is 0 Å². The molecule has 2 rings (SSSR count). The van der Waals surface area contributed by atoms with Gasteiger partial charge in [-0.2, -0.15) is 13.2 Å². The molecule has 0 N–H and O–H groups in total. The lowest BCUT2D eigenvalue weighted by Crippen LogP contribution is -2.06. The fourth-order valence-corrected chi connectivity index (χ4v) is 2.50. The summed E-state index contributed by atoms with van der Waals surface area (Å²) in [6.07, 6.45) is -4.53. The van der Waals surface area contributed by atoms with Crippen LogP contribution in [0, 0.1) is 5.82 Å². The van der Waals surface area contributed by atoms with Crippen molar-refractivity contribution in [2.24, 2.45) is 0 Å². The van der Waals surface area contributed by atoms with Crippen molar-refractivity contribution in [2.45, 2.75) is 13.1 Å². The second kappa shape index (κ2) is 6.05. The molecule has 0 amide bonds. The molecule has 112 valence electrons. The van der Waals surface area contributed by atoms with Gasteiger partial charge < -0.3 is 4.74 Å². The van der Waals surface area contributed by atoms with E-state index in [2.05, 4.69) is 15.9 Å². The van der Waals surface area contributed by atoms with E-state index in [-0.39, 0.29) is 23.5 Å². The molecule has 21 heavy (non-hydrogen) atoms. The number of hydrogen-bond donors (Lipinski definition) is 0. The predicted octanol–water partition coefficient (Wildman–Crippen LogP) is 5.67. The summed E-state index contributed by atoms with van der Waals surface area (Å²) >= 11 is 3.16. The molecule has 6 heteroatoms. The van der Waals surface area contributed by atoms with Crippen molar-refractivity contribution in [1.82, 2.24) is 0 Å². The van der Waals surface area contributed by atoms with Gasteiger partial charge in [0.25, 0.3) is 0 Å². The summed E-state index contributed by atoms with van der Waals surface area (Å²) in [5.74, 6) is -0.552. The van der Waals surface area contributed by atoms with E-state index in [4.69, 9.17) is 4.74 Å². The fraction of sp³-hybridized carbons (Fsp3) is 0.200. The Kier molecular flexibility index (Phi) is 4.56. The second-order valence-corrected chi connectivity index (χ2v) is 5.13. The zero-order chi connectivity index (χ0) is 15.6. The third-order valence-electron chi connectivity index (χ3n) is 2.80. The molecule has 0 spiro atoms. The van der Waals surface area contributed by atoms with Gasteiger partial charge in [0.2, 0.25) is 0 Å². The number of halogens is 5. The fourth-order valence-electron chi connectivity index (χ4n) is 1.93. The van der Waals surface area contributed by atoms with Crippen molar-refractivity contribution in [3.8, 4) is 16.9 Å². The van der Waals surface area contributed by atoms with Crippen molar-refractivity contribution in [3.05, 3.63) is 52.3 Å². The Hall–Kier alpha value is -1.56. The molecule has 0 saturated heterocycles. The average molecular weight is 363 g/mol. The van der Waals surface area contributed by atoms with Crippen molar-refractivity contribution in [2.75, 3.05) is 6.61 Å². The highest BCUT2D eigenvalue weighted by atomic mass is 79.9. The van der Waals surface area contributed by atoms with Crippen LogP contribution in [0.5, 0.6) is 5.75 Å². The first kappa shape index (κ1) is 15.8. The molecule has 0 saturated carbocycles. The zero-order valence-electron chi connectivity index (χ0n) is 11.0. The van der Waals surface area contributed by atoms with E-state index < -0.39 is 17.6 Å². The molecular weight excluding hydrogens is 352 g/mol. The minimum Gasteiger partial charge on any atom is -0.494 e. The first-order valence-electron chi connectivity index (χ1n) is 6.12. The van der Waals surface area contributed by atoms with Gasteiger partial charge in [-0.1, -0.05) is 22.0 Å². The maximum atomic E-state index is 13.9. The molecule has 0 aliphatic heterocycles. The lowest BCUT2D eigenvalue weighted by Gasteiger charge is -2.14. The Bertz CT molecular complexity index is 632. The lowest BCUT2D eigenvalue weighted by molar-refractivity contribution is -0.137. The smallest absolute Gasteiger partial charge is 0.416 e. The van der Waals surface area contributed by atoms with Gasteiger partial charge >= 0.3 is 6.18 Å². The monoisotopic (exact) mass is 362 g/mol. The quantitative estimate of drug-likeness (QED) is 0.639. The highest BCUT2D eigenvalue weighted by molar-refractivity contribution is 9.10. The topological polar surface area (TPSA) is 9.23 Å². The van der Waals surface area contributed by atoms with Crippen molar-refractivity contribution < 1.29 is 22.3 Å². The van der Waals surface area contributed by atoms with Gasteiger partial charge in [-0.3, -0.25) is 0 Å². The molecule has 0 aliphatic rings. The molecular formula is C15H11BrF4O. The van der Waals surface area contributed by atoms with Crippen LogP contribution in [0.1, 0.15) is 12.5 Å². The molecule has 0 aromatic heterocycles. The number of ether oxygens (including phenoxy) is 1. The first-order valence-corrected chi connectivity index (χ1v) is 6.91. The molecule has 2 aromatic rings. The van der Waals surface area contributed by atoms with Crippen LogP contribution in [0.4, 0.5) is 17.6 Å². The molecule has 0 aliphatic carbocycles. The minimum absolute atomic E-state index is 0.0532. The van der Waals surface area contributed by atoms with Gasteiger partial charge in [-0.05, 0) is 42.8 Å². The summed E-state index contributed by atoms with van der Waals surface area (Å²) in [6.45, 7) is 1.89. The first-order chi connectivity index (χ1) is 9.82. The summed E-state index contributed by atoms with van der Waals surface area (Å²) < 4.78 is 58.3. The van der Waals surface area contributed by atoms with Crippen LogP contribution in [0.15, 0.2) is 40.9 Å². The van der Waals surface area contributed by atoms with Gasteiger partial charge in [0.05, 0.1) is 12.2 Å². The summed E-state index contributed by atoms with van der Waals surface area (Å²) in [5, 5.41) is 0. The number of alkyl halides is 3.